The molecule has 1 amide bonds. The number of benzene rings is 1. The number of hydrogen-bond donors (Lipinski definition) is 1. The normalized spacial score (nSPS) is 23.4. The Morgan fingerprint density at radius 2 is 2.32 bits per heavy atom. The molecule has 0 aliphatic carbocycles. The molecule has 1 aromatic carbocycles. The largest absolute Gasteiger partial charge is 0.508 e. The van der Waals surface area contributed by atoms with E-state index in [9.17, 15) is 9.90 Å². The molecule has 2 unspecified atom stereocenters. The highest BCUT2D eigenvalue weighted by atomic mass is 79.9. The van der Waals surface area contributed by atoms with Gasteiger partial charge in [0.1, 0.15) is 5.75 Å². The average Bonchev–Trinajstić information content (AvgIpc) is 2.40. The predicted molar refractivity (Wildman–Crippen MR) is 77.1 cm³/mol. The predicted octanol–water partition coefficient (Wildman–Crippen LogP) is 2.67. The van der Waals surface area contributed by atoms with Crippen molar-refractivity contribution in [2.75, 3.05) is 18.4 Å². The molecule has 104 valence electrons. The summed E-state index contributed by atoms with van der Waals surface area (Å²) in [4.78, 5) is 14.1. The number of rotatable bonds is 2. The maximum atomic E-state index is 12.4. The van der Waals surface area contributed by atoms with Gasteiger partial charge in [-0.05, 0) is 25.1 Å². The number of morpholine rings is 1. The van der Waals surface area contributed by atoms with Crippen LogP contribution < -0.4 is 0 Å². The van der Waals surface area contributed by atoms with Gasteiger partial charge in [0.05, 0.1) is 22.8 Å². The number of halogens is 2. The molecule has 4 nitrogen and oxygen atoms in total. The van der Waals surface area contributed by atoms with E-state index in [1.165, 1.54) is 18.2 Å². The second kappa shape index (κ2) is 6.11. The third-order valence-corrected chi connectivity index (χ3v) is 4.02. The fraction of sp³-hybridized carbons (Fsp3) is 0.462. The van der Waals surface area contributed by atoms with Crippen LogP contribution in [0.2, 0.25) is 5.02 Å². The van der Waals surface area contributed by atoms with Crippen molar-refractivity contribution in [1.29, 1.82) is 0 Å². The molecule has 1 aliphatic rings. The highest BCUT2D eigenvalue weighted by molar-refractivity contribution is 9.09. The fourth-order valence-electron chi connectivity index (χ4n) is 2.14. The summed E-state index contributed by atoms with van der Waals surface area (Å²) in [5, 5.41) is 10.5. The van der Waals surface area contributed by atoms with Crippen LogP contribution >= 0.6 is 27.5 Å². The molecular formula is C13H15BrClNO3. The monoisotopic (exact) mass is 347 g/mol. The summed E-state index contributed by atoms with van der Waals surface area (Å²) in [6.07, 6.45) is -0.0416. The van der Waals surface area contributed by atoms with E-state index in [0.29, 0.717) is 29.0 Å². The number of aromatic hydroxyl groups is 1. The van der Waals surface area contributed by atoms with E-state index in [2.05, 4.69) is 15.9 Å². The Kier molecular flexibility index (Phi) is 4.71. The van der Waals surface area contributed by atoms with E-state index in [1.807, 2.05) is 6.92 Å². The van der Waals surface area contributed by atoms with Crippen LogP contribution in [0.15, 0.2) is 18.2 Å². The third kappa shape index (κ3) is 3.41. The third-order valence-electron chi connectivity index (χ3n) is 2.97. The van der Waals surface area contributed by atoms with Crippen LogP contribution in [0, 0.1) is 0 Å². The molecule has 2 atom stereocenters. The minimum Gasteiger partial charge on any atom is -0.508 e. The van der Waals surface area contributed by atoms with Crippen molar-refractivity contribution < 1.29 is 14.6 Å². The Labute approximate surface area is 125 Å². The summed E-state index contributed by atoms with van der Waals surface area (Å²) >= 11 is 9.39. The number of alkyl halides is 1. The van der Waals surface area contributed by atoms with Gasteiger partial charge in [0, 0.05) is 18.4 Å². The van der Waals surface area contributed by atoms with E-state index >= 15 is 0 Å². The number of hydrogen-bond acceptors (Lipinski definition) is 3. The zero-order valence-electron chi connectivity index (χ0n) is 10.5. The van der Waals surface area contributed by atoms with Crippen molar-refractivity contribution in [3.63, 3.8) is 0 Å². The first-order chi connectivity index (χ1) is 9.01. The number of phenolic OH excluding ortho intramolecular Hbond substituents is 1. The Morgan fingerprint density at radius 3 is 3.00 bits per heavy atom. The van der Waals surface area contributed by atoms with Crippen molar-refractivity contribution in [3.05, 3.63) is 28.8 Å². The van der Waals surface area contributed by atoms with Gasteiger partial charge in [0.25, 0.3) is 5.91 Å². The van der Waals surface area contributed by atoms with Crippen LogP contribution in [0.1, 0.15) is 17.3 Å². The van der Waals surface area contributed by atoms with Gasteiger partial charge >= 0.3 is 0 Å². The molecule has 0 saturated carbocycles. The number of phenols is 1. The zero-order valence-corrected chi connectivity index (χ0v) is 12.8. The second-order valence-corrected chi connectivity index (χ2v) is 5.65. The number of carbonyl (C=O) groups excluding carboxylic acids is 1. The number of ether oxygens (including phenoxy) is 1. The van der Waals surface area contributed by atoms with Crippen LogP contribution in [0.3, 0.4) is 0 Å². The molecule has 19 heavy (non-hydrogen) atoms. The Balaban J connectivity index is 2.21. The molecule has 0 bridgehead atoms. The van der Waals surface area contributed by atoms with Gasteiger partial charge in [0.15, 0.2) is 0 Å². The first kappa shape index (κ1) is 14.6. The van der Waals surface area contributed by atoms with Gasteiger partial charge in [0.2, 0.25) is 0 Å². The first-order valence-corrected chi connectivity index (χ1v) is 7.50. The summed E-state index contributed by atoms with van der Waals surface area (Å²) in [5.41, 5.74) is 0.323. The zero-order chi connectivity index (χ0) is 14.0. The lowest BCUT2D eigenvalue weighted by molar-refractivity contribution is -0.0559. The van der Waals surface area contributed by atoms with Crippen molar-refractivity contribution in [1.82, 2.24) is 4.90 Å². The van der Waals surface area contributed by atoms with Crippen molar-refractivity contribution >= 4 is 33.4 Å². The average molecular weight is 349 g/mol. The minimum absolute atomic E-state index is 0.0173. The van der Waals surface area contributed by atoms with E-state index < -0.39 is 0 Å². The highest BCUT2D eigenvalue weighted by Crippen LogP contribution is 2.24. The SMILES string of the molecule is CC1CN(C(=O)c2cc(O)ccc2Cl)CC(CBr)O1. The second-order valence-electron chi connectivity index (χ2n) is 4.60. The maximum absolute atomic E-state index is 12.4. The molecule has 1 heterocycles. The molecule has 0 radical (unpaired) electrons. The highest BCUT2D eigenvalue weighted by Gasteiger charge is 2.29. The molecule has 0 aromatic heterocycles. The van der Waals surface area contributed by atoms with E-state index in [0.717, 1.165) is 0 Å². The summed E-state index contributed by atoms with van der Waals surface area (Å²) in [6.45, 7) is 2.97. The number of amides is 1. The molecule has 6 heteroatoms. The van der Waals surface area contributed by atoms with Gasteiger partial charge in [-0.3, -0.25) is 4.79 Å². The smallest absolute Gasteiger partial charge is 0.255 e. The van der Waals surface area contributed by atoms with Gasteiger partial charge in [-0.15, -0.1) is 0 Å². The maximum Gasteiger partial charge on any atom is 0.255 e. The Bertz CT molecular complexity index is 483. The Hall–Kier alpha value is -0.780. The van der Waals surface area contributed by atoms with E-state index in [-0.39, 0.29) is 23.9 Å². The quantitative estimate of drug-likeness (QED) is 0.836. The number of carbonyl (C=O) groups is 1. The summed E-state index contributed by atoms with van der Waals surface area (Å²) in [7, 11) is 0. The molecule has 1 aromatic rings. The number of nitrogens with zero attached hydrogens (tertiary/aromatic N) is 1. The molecule has 2 rings (SSSR count). The topological polar surface area (TPSA) is 49.8 Å². The summed E-state index contributed by atoms with van der Waals surface area (Å²) in [6, 6.07) is 4.38. The van der Waals surface area contributed by atoms with Gasteiger partial charge in [-0.25, -0.2) is 0 Å². The van der Waals surface area contributed by atoms with E-state index in [4.69, 9.17) is 16.3 Å². The van der Waals surface area contributed by atoms with Crippen LogP contribution in [-0.2, 0) is 4.74 Å². The van der Waals surface area contributed by atoms with E-state index in [1.54, 1.807) is 4.90 Å². The summed E-state index contributed by atoms with van der Waals surface area (Å²) in [5.74, 6) is -0.145. The van der Waals surface area contributed by atoms with Crippen LogP contribution in [0.5, 0.6) is 5.75 Å². The molecule has 0 spiro atoms. The lowest BCUT2D eigenvalue weighted by Crippen LogP contribution is -2.49. The van der Waals surface area contributed by atoms with Crippen LogP contribution in [0.4, 0.5) is 0 Å². The fourth-order valence-corrected chi connectivity index (χ4v) is 2.70. The van der Waals surface area contributed by atoms with Gasteiger partial charge in [-0.1, -0.05) is 27.5 Å². The summed E-state index contributed by atoms with van der Waals surface area (Å²) < 4.78 is 5.68. The lowest BCUT2D eigenvalue weighted by atomic mass is 10.1. The molecule has 1 aliphatic heterocycles. The van der Waals surface area contributed by atoms with Crippen molar-refractivity contribution in [2.45, 2.75) is 19.1 Å². The Morgan fingerprint density at radius 1 is 1.58 bits per heavy atom. The molecule has 1 saturated heterocycles. The van der Waals surface area contributed by atoms with Crippen molar-refractivity contribution in [2.24, 2.45) is 0 Å². The van der Waals surface area contributed by atoms with Gasteiger partial charge in [-0.2, -0.15) is 0 Å². The standard InChI is InChI=1S/C13H15BrClNO3/c1-8-6-16(7-10(5-14)19-8)13(18)11-4-9(17)2-3-12(11)15/h2-4,8,10,17H,5-7H2,1H3. The molecular weight excluding hydrogens is 334 g/mol. The lowest BCUT2D eigenvalue weighted by Gasteiger charge is -2.36. The molecule has 1 fully saturated rings. The van der Waals surface area contributed by atoms with Crippen LogP contribution in [0.25, 0.3) is 0 Å². The molecule has 1 N–H and O–H groups in total. The minimum atomic E-state index is -0.179. The first-order valence-electron chi connectivity index (χ1n) is 6.00. The van der Waals surface area contributed by atoms with Crippen LogP contribution in [-0.4, -0.2) is 46.5 Å². The van der Waals surface area contributed by atoms with Gasteiger partial charge < -0.3 is 14.7 Å². The van der Waals surface area contributed by atoms with Crippen molar-refractivity contribution in [3.8, 4) is 5.75 Å².